The monoisotopic (exact) mass is 224 g/mol. The molecule has 0 saturated heterocycles. The Hall–Kier alpha value is -1.56. The maximum Gasteiger partial charge on any atom is -0.0178 e. The lowest BCUT2D eigenvalue weighted by Gasteiger charge is -2.14. The van der Waals surface area contributed by atoms with Crippen LogP contribution in [0.5, 0.6) is 0 Å². The first kappa shape index (κ1) is 11.9. The molecule has 0 fully saturated rings. The van der Waals surface area contributed by atoms with Crippen LogP contribution in [-0.2, 0) is 0 Å². The Kier molecular flexibility index (Phi) is 3.06. The summed E-state index contributed by atoms with van der Waals surface area (Å²) in [6.07, 6.45) is 2.33. The predicted octanol–water partition coefficient (Wildman–Crippen LogP) is 5.29. The van der Waals surface area contributed by atoms with Gasteiger partial charge >= 0.3 is 0 Å². The van der Waals surface area contributed by atoms with Crippen molar-refractivity contribution in [3.8, 4) is 0 Å². The fraction of sp³-hybridized carbons (Fsp3) is 0.294. The van der Waals surface area contributed by atoms with Gasteiger partial charge in [-0.25, -0.2) is 0 Å². The fourth-order valence-corrected chi connectivity index (χ4v) is 2.17. The van der Waals surface area contributed by atoms with Crippen LogP contribution in [0.3, 0.4) is 0 Å². The molecule has 0 heterocycles. The van der Waals surface area contributed by atoms with E-state index in [9.17, 15) is 0 Å². The second-order valence-corrected chi connectivity index (χ2v) is 5.76. The molecule has 0 bridgehead atoms. The van der Waals surface area contributed by atoms with Gasteiger partial charge in [0, 0.05) is 0 Å². The minimum atomic E-state index is 0.232. The minimum Gasteiger partial charge on any atom is -0.0756 e. The molecule has 0 nitrogen and oxygen atoms in total. The van der Waals surface area contributed by atoms with Gasteiger partial charge in [0.25, 0.3) is 0 Å². The van der Waals surface area contributed by atoms with Crippen LogP contribution in [0.4, 0.5) is 0 Å². The van der Waals surface area contributed by atoms with E-state index in [1.54, 1.807) is 0 Å². The molecule has 17 heavy (non-hydrogen) atoms. The number of rotatable bonds is 1. The Labute approximate surface area is 104 Å². The lowest BCUT2D eigenvalue weighted by atomic mass is 9.91. The number of allylic oxidation sites excluding steroid dienone is 2. The average Bonchev–Trinajstić information content (AvgIpc) is 2.26. The zero-order chi connectivity index (χ0) is 12.5. The maximum absolute atomic E-state index is 2.33. The van der Waals surface area contributed by atoms with Gasteiger partial charge in [0.05, 0.1) is 0 Å². The molecule has 0 amide bonds. The summed E-state index contributed by atoms with van der Waals surface area (Å²) in [7, 11) is 0. The van der Waals surface area contributed by atoms with Crippen molar-refractivity contribution in [1.29, 1.82) is 0 Å². The number of fused-ring (bicyclic) bond motifs is 1. The molecule has 0 aliphatic rings. The van der Waals surface area contributed by atoms with E-state index < -0.39 is 0 Å². The van der Waals surface area contributed by atoms with E-state index in [2.05, 4.69) is 76.2 Å². The summed E-state index contributed by atoms with van der Waals surface area (Å²) in [5.74, 6) is 0. The average molecular weight is 224 g/mol. The standard InChI is InChI=1S/C17H20/c1-13(12-17(2,3)4)15-10-9-14-7-5-6-8-16(14)11-15/h5-12H,1-4H3/b13-12+. The molecule has 0 unspecified atom stereocenters. The van der Waals surface area contributed by atoms with Crippen molar-refractivity contribution in [2.24, 2.45) is 5.41 Å². The Morgan fingerprint density at radius 2 is 1.59 bits per heavy atom. The van der Waals surface area contributed by atoms with Gasteiger partial charge in [0.2, 0.25) is 0 Å². The van der Waals surface area contributed by atoms with Gasteiger partial charge in [0.1, 0.15) is 0 Å². The fourth-order valence-electron chi connectivity index (χ4n) is 2.17. The number of hydrogen-bond donors (Lipinski definition) is 0. The van der Waals surface area contributed by atoms with E-state index >= 15 is 0 Å². The van der Waals surface area contributed by atoms with Crippen LogP contribution in [0.25, 0.3) is 16.3 Å². The van der Waals surface area contributed by atoms with Gasteiger partial charge < -0.3 is 0 Å². The number of benzene rings is 2. The van der Waals surface area contributed by atoms with Crippen molar-refractivity contribution in [3.63, 3.8) is 0 Å². The molecule has 0 N–H and O–H groups in total. The van der Waals surface area contributed by atoms with Gasteiger partial charge in [-0.2, -0.15) is 0 Å². The Morgan fingerprint density at radius 3 is 2.24 bits per heavy atom. The van der Waals surface area contributed by atoms with E-state index in [0.29, 0.717) is 0 Å². The summed E-state index contributed by atoms with van der Waals surface area (Å²) in [6.45, 7) is 8.89. The van der Waals surface area contributed by atoms with E-state index in [0.717, 1.165) is 0 Å². The molecular weight excluding hydrogens is 204 g/mol. The van der Waals surface area contributed by atoms with Crippen molar-refractivity contribution in [2.75, 3.05) is 0 Å². The molecule has 0 aliphatic carbocycles. The molecule has 2 rings (SSSR count). The predicted molar refractivity (Wildman–Crippen MR) is 77.1 cm³/mol. The van der Waals surface area contributed by atoms with Gasteiger partial charge in [0.15, 0.2) is 0 Å². The third-order valence-electron chi connectivity index (χ3n) is 2.85. The van der Waals surface area contributed by atoms with Gasteiger partial charge in [-0.3, -0.25) is 0 Å². The van der Waals surface area contributed by atoms with Crippen molar-refractivity contribution < 1.29 is 0 Å². The lowest BCUT2D eigenvalue weighted by Crippen LogP contribution is -2.00. The topological polar surface area (TPSA) is 0 Å². The molecule has 0 atom stereocenters. The first-order chi connectivity index (χ1) is 7.96. The quantitative estimate of drug-likeness (QED) is 0.617. The van der Waals surface area contributed by atoms with Gasteiger partial charge in [-0.1, -0.05) is 63.2 Å². The van der Waals surface area contributed by atoms with Crippen LogP contribution in [-0.4, -0.2) is 0 Å². The van der Waals surface area contributed by atoms with Crippen LogP contribution in [0, 0.1) is 5.41 Å². The Bertz CT molecular complexity index is 554. The first-order valence-corrected chi connectivity index (χ1v) is 6.14. The molecule has 0 saturated carbocycles. The summed E-state index contributed by atoms with van der Waals surface area (Å²) in [5, 5.41) is 2.62. The maximum atomic E-state index is 2.33. The molecule has 0 aliphatic heterocycles. The van der Waals surface area contributed by atoms with Crippen molar-refractivity contribution in [3.05, 3.63) is 54.1 Å². The molecule has 2 aromatic carbocycles. The van der Waals surface area contributed by atoms with Crippen LogP contribution >= 0.6 is 0 Å². The molecule has 2 aromatic rings. The Balaban J connectivity index is 2.47. The second kappa shape index (κ2) is 4.37. The smallest absolute Gasteiger partial charge is 0.0178 e. The number of hydrogen-bond acceptors (Lipinski definition) is 0. The second-order valence-electron chi connectivity index (χ2n) is 5.76. The highest BCUT2D eigenvalue weighted by molar-refractivity contribution is 5.86. The highest BCUT2D eigenvalue weighted by Gasteiger charge is 2.07. The Morgan fingerprint density at radius 1 is 0.941 bits per heavy atom. The largest absolute Gasteiger partial charge is 0.0756 e. The summed E-state index contributed by atoms with van der Waals surface area (Å²) >= 11 is 0. The zero-order valence-electron chi connectivity index (χ0n) is 11.1. The molecule has 0 radical (unpaired) electrons. The molecule has 88 valence electrons. The summed E-state index contributed by atoms with van der Waals surface area (Å²) < 4.78 is 0. The minimum absolute atomic E-state index is 0.232. The molecule has 0 aromatic heterocycles. The van der Waals surface area contributed by atoms with E-state index in [1.165, 1.54) is 21.9 Å². The van der Waals surface area contributed by atoms with E-state index in [1.807, 2.05) is 0 Å². The summed E-state index contributed by atoms with van der Waals surface area (Å²) in [4.78, 5) is 0. The zero-order valence-corrected chi connectivity index (χ0v) is 11.1. The molecule has 0 spiro atoms. The summed E-state index contributed by atoms with van der Waals surface area (Å²) in [5.41, 5.74) is 2.90. The van der Waals surface area contributed by atoms with Crippen LogP contribution in [0.2, 0.25) is 0 Å². The third kappa shape index (κ3) is 2.97. The van der Waals surface area contributed by atoms with Crippen molar-refractivity contribution in [1.82, 2.24) is 0 Å². The molecular formula is C17H20. The van der Waals surface area contributed by atoms with Gasteiger partial charge in [-0.05, 0) is 40.3 Å². The van der Waals surface area contributed by atoms with Gasteiger partial charge in [-0.15, -0.1) is 0 Å². The van der Waals surface area contributed by atoms with Crippen molar-refractivity contribution >= 4 is 16.3 Å². The molecule has 0 heteroatoms. The van der Waals surface area contributed by atoms with Crippen LogP contribution in [0.15, 0.2) is 48.5 Å². The first-order valence-electron chi connectivity index (χ1n) is 6.14. The van der Waals surface area contributed by atoms with E-state index in [-0.39, 0.29) is 5.41 Å². The van der Waals surface area contributed by atoms with Crippen LogP contribution < -0.4 is 0 Å². The normalized spacial score (nSPS) is 13.1. The van der Waals surface area contributed by atoms with Crippen LogP contribution in [0.1, 0.15) is 33.3 Å². The summed E-state index contributed by atoms with van der Waals surface area (Å²) in [6, 6.07) is 15.2. The highest BCUT2D eigenvalue weighted by atomic mass is 14.1. The van der Waals surface area contributed by atoms with E-state index in [4.69, 9.17) is 0 Å². The highest BCUT2D eigenvalue weighted by Crippen LogP contribution is 2.25. The van der Waals surface area contributed by atoms with Crippen molar-refractivity contribution in [2.45, 2.75) is 27.7 Å². The SMILES string of the molecule is C/C(=C\C(C)(C)C)c1ccc2ccccc2c1. The lowest BCUT2D eigenvalue weighted by molar-refractivity contribution is 0.545. The third-order valence-corrected chi connectivity index (χ3v) is 2.85.